The maximum atomic E-state index is 5.45. The molecule has 3 nitrogen and oxygen atoms in total. The highest BCUT2D eigenvalue weighted by Gasteiger charge is 2.20. The zero-order valence-electron chi connectivity index (χ0n) is 8.66. The summed E-state index contributed by atoms with van der Waals surface area (Å²) in [6.07, 6.45) is 3.99. The number of para-hydroxylation sites is 1. The Labute approximate surface area is 89.4 Å². The summed E-state index contributed by atoms with van der Waals surface area (Å²) in [5.74, 6) is 1.80. The van der Waals surface area contributed by atoms with Crippen LogP contribution in [-0.2, 0) is 6.54 Å². The van der Waals surface area contributed by atoms with Gasteiger partial charge in [0.05, 0.1) is 0 Å². The molecular formula is C12H15NO2. The van der Waals surface area contributed by atoms with E-state index in [1.165, 1.54) is 24.8 Å². The Morgan fingerprint density at radius 3 is 3.00 bits per heavy atom. The van der Waals surface area contributed by atoms with Crippen LogP contribution in [0.3, 0.4) is 0 Å². The largest absolute Gasteiger partial charge is 0.454 e. The van der Waals surface area contributed by atoms with Crippen LogP contribution in [0.5, 0.6) is 11.5 Å². The predicted octanol–water partition coefficient (Wildman–Crippen LogP) is 2.06. The van der Waals surface area contributed by atoms with Gasteiger partial charge in [0, 0.05) is 18.2 Å². The molecule has 1 saturated carbocycles. The van der Waals surface area contributed by atoms with Crippen molar-refractivity contribution >= 4 is 0 Å². The van der Waals surface area contributed by atoms with Crippen LogP contribution in [0.25, 0.3) is 0 Å². The number of ether oxygens (including phenoxy) is 2. The number of rotatable bonds is 3. The van der Waals surface area contributed by atoms with E-state index in [4.69, 9.17) is 9.47 Å². The molecule has 0 spiro atoms. The molecule has 3 rings (SSSR count). The molecule has 0 amide bonds. The maximum absolute atomic E-state index is 5.45. The smallest absolute Gasteiger partial charge is 0.231 e. The molecular weight excluding hydrogens is 190 g/mol. The Kier molecular flexibility index (Phi) is 2.25. The third kappa shape index (κ3) is 1.67. The SMILES string of the molecule is c1cc(CNC2CCC2)c2c(c1)OCO2. The monoisotopic (exact) mass is 205 g/mol. The normalized spacial score (nSPS) is 18.9. The number of fused-ring (bicyclic) bond motifs is 1. The summed E-state index contributed by atoms with van der Waals surface area (Å²) >= 11 is 0. The average molecular weight is 205 g/mol. The molecule has 1 aliphatic carbocycles. The molecule has 80 valence electrons. The van der Waals surface area contributed by atoms with Gasteiger partial charge in [-0.3, -0.25) is 0 Å². The molecule has 0 saturated heterocycles. The van der Waals surface area contributed by atoms with Gasteiger partial charge < -0.3 is 14.8 Å². The Hall–Kier alpha value is -1.22. The van der Waals surface area contributed by atoms with Gasteiger partial charge in [-0.25, -0.2) is 0 Å². The van der Waals surface area contributed by atoms with Gasteiger partial charge >= 0.3 is 0 Å². The molecule has 1 aromatic rings. The second-order valence-electron chi connectivity index (χ2n) is 4.16. The van der Waals surface area contributed by atoms with E-state index >= 15 is 0 Å². The van der Waals surface area contributed by atoms with Crippen LogP contribution in [0.4, 0.5) is 0 Å². The average Bonchev–Trinajstić information content (AvgIpc) is 2.63. The lowest BCUT2D eigenvalue weighted by Crippen LogP contribution is -2.34. The minimum atomic E-state index is 0.357. The number of hydrogen-bond acceptors (Lipinski definition) is 3. The first kappa shape index (κ1) is 9.04. The van der Waals surface area contributed by atoms with Gasteiger partial charge in [0.1, 0.15) is 0 Å². The molecule has 0 radical (unpaired) electrons. The third-order valence-electron chi connectivity index (χ3n) is 3.16. The van der Waals surface area contributed by atoms with Crippen LogP contribution >= 0.6 is 0 Å². The Morgan fingerprint density at radius 2 is 2.20 bits per heavy atom. The first-order valence-electron chi connectivity index (χ1n) is 5.54. The van der Waals surface area contributed by atoms with Gasteiger partial charge in [0.15, 0.2) is 11.5 Å². The van der Waals surface area contributed by atoms with Crippen LogP contribution in [0.1, 0.15) is 24.8 Å². The molecule has 3 heteroatoms. The van der Waals surface area contributed by atoms with Crippen molar-refractivity contribution in [2.24, 2.45) is 0 Å². The standard InChI is InChI=1S/C12H15NO2/c1-3-9(7-13-10-4-2-5-10)12-11(6-1)14-8-15-12/h1,3,6,10,13H,2,4-5,7-8H2. The topological polar surface area (TPSA) is 30.5 Å². The predicted molar refractivity (Wildman–Crippen MR) is 57.0 cm³/mol. The summed E-state index contributed by atoms with van der Waals surface area (Å²) in [5.41, 5.74) is 1.21. The van der Waals surface area contributed by atoms with E-state index in [0.717, 1.165) is 18.0 Å². The van der Waals surface area contributed by atoms with Gasteiger partial charge in [0.2, 0.25) is 6.79 Å². The molecule has 0 atom stereocenters. The fourth-order valence-electron chi connectivity index (χ4n) is 2.00. The van der Waals surface area contributed by atoms with Crippen LogP contribution in [-0.4, -0.2) is 12.8 Å². The highest BCUT2D eigenvalue weighted by atomic mass is 16.7. The summed E-state index contributed by atoms with van der Waals surface area (Å²) in [6.45, 7) is 1.24. The molecule has 1 aromatic carbocycles. The first-order chi connectivity index (χ1) is 7.43. The van der Waals surface area contributed by atoms with Crippen LogP contribution in [0, 0.1) is 0 Å². The molecule has 1 aliphatic heterocycles. The minimum absolute atomic E-state index is 0.357. The van der Waals surface area contributed by atoms with E-state index in [1.54, 1.807) is 0 Å². The van der Waals surface area contributed by atoms with Crippen molar-refractivity contribution in [3.8, 4) is 11.5 Å². The van der Waals surface area contributed by atoms with Crippen molar-refractivity contribution in [3.05, 3.63) is 23.8 Å². The van der Waals surface area contributed by atoms with E-state index in [1.807, 2.05) is 12.1 Å². The van der Waals surface area contributed by atoms with Gasteiger partial charge in [-0.05, 0) is 18.9 Å². The summed E-state index contributed by atoms with van der Waals surface area (Å²) in [7, 11) is 0. The van der Waals surface area contributed by atoms with Crippen LogP contribution < -0.4 is 14.8 Å². The molecule has 1 heterocycles. The minimum Gasteiger partial charge on any atom is -0.454 e. The van der Waals surface area contributed by atoms with Crippen molar-refractivity contribution < 1.29 is 9.47 Å². The van der Waals surface area contributed by atoms with E-state index in [0.29, 0.717) is 12.8 Å². The third-order valence-corrected chi connectivity index (χ3v) is 3.16. The zero-order valence-corrected chi connectivity index (χ0v) is 8.66. The summed E-state index contributed by atoms with van der Waals surface area (Å²) < 4.78 is 10.8. The lowest BCUT2D eigenvalue weighted by Gasteiger charge is -2.26. The van der Waals surface area contributed by atoms with Crippen molar-refractivity contribution in [2.75, 3.05) is 6.79 Å². The van der Waals surface area contributed by atoms with Gasteiger partial charge in [-0.2, -0.15) is 0 Å². The maximum Gasteiger partial charge on any atom is 0.231 e. The van der Waals surface area contributed by atoms with E-state index in [9.17, 15) is 0 Å². The highest BCUT2D eigenvalue weighted by Crippen LogP contribution is 2.35. The second kappa shape index (κ2) is 3.74. The number of benzene rings is 1. The van der Waals surface area contributed by atoms with Crippen LogP contribution in [0.2, 0.25) is 0 Å². The van der Waals surface area contributed by atoms with Gasteiger partial charge in [-0.1, -0.05) is 18.6 Å². The fourth-order valence-corrected chi connectivity index (χ4v) is 2.00. The summed E-state index contributed by atoms with van der Waals surface area (Å²) in [4.78, 5) is 0. The Bertz CT molecular complexity index is 361. The molecule has 2 aliphatic rings. The molecule has 0 aromatic heterocycles. The highest BCUT2D eigenvalue weighted by molar-refractivity contribution is 5.48. The fraction of sp³-hybridized carbons (Fsp3) is 0.500. The van der Waals surface area contributed by atoms with Gasteiger partial charge in [0.25, 0.3) is 0 Å². The quantitative estimate of drug-likeness (QED) is 0.819. The first-order valence-corrected chi connectivity index (χ1v) is 5.54. The number of nitrogens with one attached hydrogen (secondary N) is 1. The molecule has 0 bridgehead atoms. The van der Waals surface area contributed by atoms with Crippen molar-refractivity contribution in [1.29, 1.82) is 0 Å². The summed E-state index contributed by atoms with van der Waals surface area (Å²) in [5, 5.41) is 3.53. The molecule has 1 fully saturated rings. The molecule has 1 N–H and O–H groups in total. The lowest BCUT2D eigenvalue weighted by atomic mass is 9.93. The van der Waals surface area contributed by atoms with Crippen molar-refractivity contribution in [2.45, 2.75) is 31.8 Å². The second-order valence-corrected chi connectivity index (χ2v) is 4.16. The van der Waals surface area contributed by atoms with E-state index in [2.05, 4.69) is 11.4 Å². The van der Waals surface area contributed by atoms with Crippen molar-refractivity contribution in [3.63, 3.8) is 0 Å². The zero-order chi connectivity index (χ0) is 10.1. The Morgan fingerprint density at radius 1 is 1.27 bits per heavy atom. The van der Waals surface area contributed by atoms with Gasteiger partial charge in [-0.15, -0.1) is 0 Å². The molecule has 15 heavy (non-hydrogen) atoms. The van der Waals surface area contributed by atoms with E-state index < -0.39 is 0 Å². The summed E-state index contributed by atoms with van der Waals surface area (Å²) in [6, 6.07) is 6.78. The Balaban J connectivity index is 1.71. The number of hydrogen-bond donors (Lipinski definition) is 1. The lowest BCUT2D eigenvalue weighted by molar-refractivity contribution is 0.173. The van der Waals surface area contributed by atoms with E-state index in [-0.39, 0.29) is 0 Å². The molecule has 0 unspecified atom stereocenters. The van der Waals surface area contributed by atoms with Crippen molar-refractivity contribution in [1.82, 2.24) is 5.32 Å². The van der Waals surface area contributed by atoms with Crippen LogP contribution in [0.15, 0.2) is 18.2 Å².